The second kappa shape index (κ2) is 6.87. The molecule has 0 unspecified atom stereocenters. The molecule has 0 aromatic heterocycles. The summed E-state index contributed by atoms with van der Waals surface area (Å²) in [5.74, 6) is 1.44. The molecule has 25 heavy (non-hydrogen) atoms. The van der Waals surface area contributed by atoms with Crippen molar-refractivity contribution >= 4 is 29.4 Å². The Labute approximate surface area is 150 Å². The topological polar surface area (TPSA) is 38.3 Å². The first-order chi connectivity index (χ1) is 12.3. The van der Waals surface area contributed by atoms with Crippen LogP contribution in [-0.2, 0) is 4.79 Å². The Balaban J connectivity index is 1.59. The molecule has 3 aromatic carbocycles. The van der Waals surface area contributed by atoms with Gasteiger partial charge >= 0.3 is 0 Å². The molecule has 3 aromatic rings. The number of anilines is 1. The molecule has 0 saturated carbocycles. The third-order valence-corrected chi connectivity index (χ3v) is 4.81. The van der Waals surface area contributed by atoms with Gasteiger partial charge in [-0.05, 0) is 48.0 Å². The Morgan fingerprint density at radius 2 is 1.60 bits per heavy atom. The molecule has 4 rings (SSSR count). The summed E-state index contributed by atoms with van der Waals surface area (Å²) >= 11 is 1.48. The molecule has 1 amide bonds. The van der Waals surface area contributed by atoms with Crippen LogP contribution in [0.1, 0.15) is 5.56 Å². The monoisotopic (exact) mass is 345 g/mol. The van der Waals surface area contributed by atoms with Gasteiger partial charge in [0.05, 0.1) is 10.6 Å². The maximum atomic E-state index is 12.3. The van der Waals surface area contributed by atoms with Gasteiger partial charge < -0.3 is 10.1 Å². The van der Waals surface area contributed by atoms with E-state index in [2.05, 4.69) is 5.32 Å². The van der Waals surface area contributed by atoms with Crippen LogP contribution in [-0.4, -0.2) is 5.91 Å². The van der Waals surface area contributed by atoms with Gasteiger partial charge in [-0.15, -0.1) is 0 Å². The zero-order chi connectivity index (χ0) is 17.1. The van der Waals surface area contributed by atoms with E-state index in [9.17, 15) is 4.79 Å². The van der Waals surface area contributed by atoms with Crippen molar-refractivity contribution in [3.05, 3.63) is 89.3 Å². The highest BCUT2D eigenvalue weighted by molar-refractivity contribution is 8.04. The van der Waals surface area contributed by atoms with Crippen LogP contribution >= 0.6 is 11.8 Å². The number of rotatable bonds is 3. The van der Waals surface area contributed by atoms with Crippen molar-refractivity contribution in [2.75, 3.05) is 5.32 Å². The van der Waals surface area contributed by atoms with Crippen molar-refractivity contribution in [1.82, 2.24) is 0 Å². The van der Waals surface area contributed by atoms with Crippen molar-refractivity contribution in [1.29, 1.82) is 0 Å². The molecule has 0 bridgehead atoms. The molecule has 0 atom stereocenters. The molecule has 4 heteroatoms. The summed E-state index contributed by atoms with van der Waals surface area (Å²) in [5.41, 5.74) is 1.78. The number of hydrogen-bond donors (Lipinski definition) is 1. The predicted molar refractivity (Wildman–Crippen MR) is 102 cm³/mol. The van der Waals surface area contributed by atoms with Crippen molar-refractivity contribution in [2.45, 2.75) is 4.90 Å². The number of ether oxygens (including phenoxy) is 1. The SMILES string of the molecule is O=C1Nc2ccccc2SC1=Cc1cccc(Oc2ccccc2)c1. The summed E-state index contributed by atoms with van der Waals surface area (Å²) in [4.78, 5) is 14.0. The summed E-state index contributed by atoms with van der Waals surface area (Å²) < 4.78 is 5.85. The second-order valence-corrected chi connectivity index (χ2v) is 6.63. The van der Waals surface area contributed by atoms with E-state index in [4.69, 9.17) is 4.74 Å². The number of benzene rings is 3. The highest BCUT2D eigenvalue weighted by atomic mass is 32.2. The van der Waals surface area contributed by atoms with E-state index in [1.807, 2.05) is 84.9 Å². The standard InChI is InChI=1S/C21H15NO2S/c23-21-20(25-19-12-5-4-11-18(19)22-21)14-15-7-6-10-17(13-15)24-16-8-2-1-3-9-16/h1-14H,(H,22,23). The maximum absolute atomic E-state index is 12.3. The summed E-state index contributed by atoms with van der Waals surface area (Å²) in [6.07, 6.45) is 1.88. The lowest BCUT2D eigenvalue weighted by atomic mass is 10.2. The number of amides is 1. The summed E-state index contributed by atoms with van der Waals surface area (Å²) in [6.45, 7) is 0. The number of carbonyl (C=O) groups is 1. The molecular formula is C21H15NO2S. The maximum Gasteiger partial charge on any atom is 0.262 e. The lowest BCUT2D eigenvalue weighted by Gasteiger charge is -2.18. The molecular weight excluding hydrogens is 330 g/mol. The van der Waals surface area contributed by atoms with E-state index in [1.165, 1.54) is 11.8 Å². The van der Waals surface area contributed by atoms with Gasteiger partial charge in [-0.25, -0.2) is 0 Å². The van der Waals surface area contributed by atoms with Gasteiger partial charge in [0.15, 0.2) is 0 Å². The molecule has 0 spiro atoms. The Hall–Kier alpha value is -2.98. The first-order valence-electron chi connectivity index (χ1n) is 7.91. The number of fused-ring (bicyclic) bond motifs is 1. The molecule has 0 radical (unpaired) electrons. The number of carbonyl (C=O) groups excluding carboxylic acids is 1. The van der Waals surface area contributed by atoms with Crippen LogP contribution in [0, 0.1) is 0 Å². The molecule has 0 aliphatic carbocycles. The highest BCUT2D eigenvalue weighted by Gasteiger charge is 2.20. The fourth-order valence-electron chi connectivity index (χ4n) is 2.55. The van der Waals surface area contributed by atoms with E-state index in [-0.39, 0.29) is 5.91 Å². The van der Waals surface area contributed by atoms with Gasteiger partial charge in [0.1, 0.15) is 11.5 Å². The summed E-state index contributed by atoms with van der Waals surface area (Å²) in [5, 5.41) is 2.93. The number of nitrogens with one attached hydrogen (secondary N) is 1. The van der Waals surface area contributed by atoms with Gasteiger partial charge in [0.25, 0.3) is 5.91 Å². The third-order valence-electron chi connectivity index (χ3n) is 3.71. The largest absolute Gasteiger partial charge is 0.457 e. The number of hydrogen-bond acceptors (Lipinski definition) is 3. The third kappa shape index (κ3) is 3.59. The van der Waals surface area contributed by atoms with Crippen LogP contribution in [0.25, 0.3) is 6.08 Å². The zero-order valence-corrected chi connectivity index (χ0v) is 14.1. The zero-order valence-electron chi connectivity index (χ0n) is 13.3. The molecule has 1 N–H and O–H groups in total. The van der Waals surface area contributed by atoms with Crippen LogP contribution in [0.2, 0.25) is 0 Å². The van der Waals surface area contributed by atoms with E-state index >= 15 is 0 Å². The first-order valence-corrected chi connectivity index (χ1v) is 8.72. The molecule has 122 valence electrons. The first kappa shape index (κ1) is 15.5. The molecule has 1 aliphatic rings. The molecule has 1 aliphatic heterocycles. The second-order valence-electron chi connectivity index (χ2n) is 5.55. The van der Waals surface area contributed by atoms with Crippen LogP contribution in [0.3, 0.4) is 0 Å². The Kier molecular flexibility index (Phi) is 4.27. The highest BCUT2D eigenvalue weighted by Crippen LogP contribution is 2.38. The van der Waals surface area contributed by atoms with Gasteiger partial charge in [0.2, 0.25) is 0 Å². The fraction of sp³-hybridized carbons (Fsp3) is 0. The summed E-state index contributed by atoms with van der Waals surface area (Å²) in [7, 11) is 0. The minimum Gasteiger partial charge on any atom is -0.457 e. The minimum atomic E-state index is -0.0851. The normalized spacial score (nSPS) is 14.7. The van der Waals surface area contributed by atoms with Gasteiger partial charge in [-0.1, -0.05) is 54.2 Å². The van der Waals surface area contributed by atoms with Gasteiger partial charge in [-0.2, -0.15) is 0 Å². The van der Waals surface area contributed by atoms with Gasteiger partial charge in [-0.3, -0.25) is 4.79 Å². The Morgan fingerprint density at radius 3 is 2.48 bits per heavy atom. The lowest BCUT2D eigenvalue weighted by Crippen LogP contribution is -2.17. The smallest absolute Gasteiger partial charge is 0.262 e. The van der Waals surface area contributed by atoms with E-state index in [1.54, 1.807) is 0 Å². The molecule has 0 saturated heterocycles. The van der Waals surface area contributed by atoms with Crippen LogP contribution < -0.4 is 10.1 Å². The van der Waals surface area contributed by atoms with Crippen molar-refractivity contribution < 1.29 is 9.53 Å². The van der Waals surface area contributed by atoms with E-state index in [0.717, 1.165) is 27.6 Å². The van der Waals surface area contributed by atoms with E-state index < -0.39 is 0 Å². The molecule has 1 heterocycles. The van der Waals surface area contributed by atoms with Crippen molar-refractivity contribution in [3.8, 4) is 11.5 Å². The number of para-hydroxylation sites is 2. The van der Waals surface area contributed by atoms with Crippen LogP contribution in [0.4, 0.5) is 5.69 Å². The fourth-order valence-corrected chi connectivity index (χ4v) is 3.50. The quantitative estimate of drug-likeness (QED) is 0.631. The van der Waals surface area contributed by atoms with E-state index in [0.29, 0.717) is 4.91 Å². The van der Waals surface area contributed by atoms with Crippen molar-refractivity contribution in [2.24, 2.45) is 0 Å². The molecule has 0 fully saturated rings. The Morgan fingerprint density at radius 1 is 0.840 bits per heavy atom. The van der Waals surface area contributed by atoms with Gasteiger partial charge in [0, 0.05) is 4.90 Å². The summed E-state index contributed by atoms with van der Waals surface area (Å²) in [6, 6.07) is 25.1. The average Bonchev–Trinajstić information content (AvgIpc) is 2.63. The lowest BCUT2D eigenvalue weighted by molar-refractivity contribution is -0.112. The van der Waals surface area contributed by atoms with Crippen LogP contribution in [0.5, 0.6) is 11.5 Å². The minimum absolute atomic E-state index is 0.0851. The predicted octanol–water partition coefficient (Wildman–Crippen LogP) is 5.56. The molecule has 3 nitrogen and oxygen atoms in total. The number of thioether (sulfide) groups is 1. The average molecular weight is 345 g/mol. The van der Waals surface area contributed by atoms with Crippen molar-refractivity contribution in [3.63, 3.8) is 0 Å². The Bertz CT molecular complexity index is 951. The van der Waals surface area contributed by atoms with Crippen LogP contribution in [0.15, 0.2) is 88.7 Å².